The Bertz CT molecular complexity index is 1030. The van der Waals surface area contributed by atoms with Gasteiger partial charge in [-0.05, 0) is 36.4 Å². The Morgan fingerprint density at radius 3 is 2.81 bits per heavy atom. The number of imidazole rings is 1. The molecular formula is C18H13Cl2N3O3. The molecule has 26 heavy (non-hydrogen) atoms. The minimum absolute atomic E-state index is 0.279. The molecule has 3 aromatic rings. The van der Waals surface area contributed by atoms with E-state index in [2.05, 4.69) is 15.0 Å². The Labute approximate surface area is 159 Å². The van der Waals surface area contributed by atoms with Crippen LogP contribution in [0.25, 0.3) is 11.7 Å². The molecule has 0 saturated heterocycles. The summed E-state index contributed by atoms with van der Waals surface area (Å²) in [6, 6.07) is 9.95. The van der Waals surface area contributed by atoms with Gasteiger partial charge in [-0.3, -0.25) is 9.20 Å². The van der Waals surface area contributed by atoms with Crippen LogP contribution in [0.3, 0.4) is 0 Å². The molecule has 132 valence electrons. The van der Waals surface area contributed by atoms with E-state index in [9.17, 15) is 9.59 Å². The van der Waals surface area contributed by atoms with E-state index in [4.69, 9.17) is 23.2 Å². The Morgan fingerprint density at radius 2 is 2.04 bits per heavy atom. The van der Waals surface area contributed by atoms with Crippen LogP contribution < -0.4 is 5.32 Å². The zero-order valence-electron chi connectivity index (χ0n) is 13.6. The topological polar surface area (TPSA) is 72.7 Å². The maximum absolute atomic E-state index is 12.2. The number of nitrogens with one attached hydrogen (secondary N) is 1. The molecular weight excluding hydrogens is 377 g/mol. The van der Waals surface area contributed by atoms with Gasteiger partial charge in [-0.25, -0.2) is 9.78 Å². The molecule has 2 heterocycles. The molecule has 2 aromatic heterocycles. The first-order valence-electron chi connectivity index (χ1n) is 7.49. The van der Waals surface area contributed by atoms with Gasteiger partial charge >= 0.3 is 5.97 Å². The SMILES string of the molecule is COC(=O)c1ccc(Cl)c(NC(=O)/C=C/c2c(Cl)nc3ccccn23)c1. The summed E-state index contributed by atoms with van der Waals surface area (Å²) >= 11 is 12.2. The highest BCUT2D eigenvalue weighted by Crippen LogP contribution is 2.24. The predicted octanol–water partition coefficient (Wildman–Crippen LogP) is 4.08. The molecule has 0 aliphatic rings. The third kappa shape index (κ3) is 3.71. The highest BCUT2D eigenvalue weighted by atomic mass is 35.5. The van der Waals surface area contributed by atoms with E-state index in [1.807, 2.05) is 12.1 Å². The predicted molar refractivity (Wildman–Crippen MR) is 101 cm³/mol. The lowest BCUT2D eigenvalue weighted by Gasteiger charge is -2.07. The van der Waals surface area contributed by atoms with Crippen LogP contribution in [0.4, 0.5) is 5.69 Å². The van der Waals surface area contributed by atoms with Crippen LogP contribution >= 0.6 is 23.2 Å². The maximum Gasteiger partial charge on any atom is 0.337 e. The fourth-order valence-electron chi connectivity index (χ4n) is 2.33. The Kier molecular flexibility index (Phi) is 5.25. The van der Waals surface area contributed by atoms with Crippen LogP contribution in [0.15, 0.2) is 48.7 Å². The molecule has 3 rings (SSSR count). The van der Waals surface area contributed by atoms with E-state index in [0.717, 1.165) is 0 Å². The van der Waals surface area contributed by atoms with Crippen molar-refractivity contribution in [1.29, 1.82) is 0 Å². The summed E-state index contributed by atoms with van der Waals surface area (Å²) in [5.74, 6) is -0.957. The standard InChI is InChI=1S/C18H13Cl2N3O3/c1-26-18(25)11-5-6-12(19)13(10-11)21-16(24)8-7-14-17(20)22-15-4-2-3-9-23(14)15/h2-10H,1H3,(H,21,24)/b8-7+. The van der Waals surface area contributed by atoms with Crippen LogP contribution in [0.1, 0.15) is 16.1 Å². The first-order chi connectivity index (χ1) is 12.5. The number of amides is 1. The monoisotopic (exact) mass is 389 g/mol. The number of hydrogen-bond donors (Lipinski definition) is 1. The highest BCUT2D eigenvalue weighted by Gasteiger charge is 2.11. The normalized spacial score (nSPS) is 11.0. The Balaban J connectivity index is 1.81. The molecule has 0 spiro atoms. The second kappa shape index (κ2) is 7.59. The molecule has 1 amide bonds. The number of pyridine rings is 1. The smallest absolute Gasteiger partial charge is 0.337 e. The molecule has 1 N–H and O–H groups in total. The minimum atomic E-state index is -0.523. The molecule has 1 aromatic carbocycles. The lowest BCUT2D eigenvalue weighted by molar-refractivity contribution is -0.111. The van der Waals surface area contributed by atoms with Crippen LogP contribution in [-0.4, -0.2) is 28.4 Å². The van der Waals surface area contributed by atoms with Crippen molar-refractivity contribution < 1.29 is 14.3 Å². The van der Waals surface area contributed by atoms with Crippen molar-refractivity contribution in [2.45, 2.75) is 0 Å². The number of fused-ring (bicyclic) bond motifs is 1. The van der Waals surface area contributed by atoms with Gasteiger partial charge in [0.1, 0.15) is 5.65 Å². The van der Waals surface area contributed by atoms with E-state index in [-0.39, 0.29) is 10.7 Å². The minimum Gasteiger partial charge on any atom is -0.465 e. The molecule has 0 unspecified atom stereocenters. The van der Waals surface area contributed by atoms with Crippen LogP contribution in [0.5, 0.6) is 0 Å². The Hall–Kier alpha value is -2.83. The third-order valence-electron chi connectivity index (χ3n) is 3.56. The first kappa shape index (κ1) is 18.0. The number of nitrogens with zero attached hydrogens (tertiary/aromatic N) is 2. The number of aromatic nitrogens is 2. The van der Waals surface area contributed by atoms with E-state index in [1.165, 1.54) is 31.4 Å². The number of esters is 1. The first-order valence-corrected chi connectivity index (χ1v) is 8.24. The molecule has 0 radical (unpaired) electrons. The van der Waals surface area contributed by atoms with Crippen molar-refractivity contribution in [2.75, 3.05) is 12.4 Å². The summed E-state index contributed by atoms with van der Waals surface area (Å²) in [5, 5.41) is 3.20. The molecule has 0 aliphatic carbocycles. The summed E-state index contributed by atoms with van der Waals surface area (Å²) in [6.45, 7) is 0. The molecule has 0 bridgehead atoms. The fraction of sp³-hybridized carbons (Fsp3) is 0.0556. The van der Waals surface area contributed by atoms with E-state index in [1.54, 1.807) is 22.7 Å². The number of benzene rings is 1. The van der Waals surface area contributed by atoms with Crippen molar-refractivity contribution in [3.8, 4) is 0 Å². The van der Waals surface area contributed by atoms with Gasteiger partial charge in [-0.15, -0.1) is 0 Å². The molecule has 6 nitrogen and oxygen atoms in total. The van der Waals surface area contributed by atoms with Crippen LogP contribution in [0, 0.1) is 0 Å². The largest absolute Gasteiger partial charge is 0.465 e. The van der Waals surface area contributed by atoms with E-state index in [0.29, 0.717) is 22.1 Å². The van der Waals surface area contributed by atoms with Crippen molar-refractivity contribution in [3.63, 3.8) is 0 Å². The van der Waals surface area contributed by atoms with Gasteiger partial charge in [-0.2, -0.15) is 0 Å². The molecule has 0 saturated carbocycles. The average Bonchev–Trinajstić information content (AvgIpc) is 2.96. The number of methoxy groups -OCH3 is 1. The average molecular weight is 390 g/mol. The summed E-state index contributed by atoms with van der Waals surface area (Å²) in [7, 11) is 1.28. The van der Waals surface area contributed by atoms with Gasteiger partial charge in [0.25, 0.3) is 0 Å². The molecule has 0 aliphatic heterocycles. The van der Waals surface area contributed by atoms with Crippen molar-refractivity contribution >= 4 is 52.5 Å². The van der Waals surface area contributed by atoms with Crippen molar-refractivity contribution in [1.82, 2.24) is 9.38 Å². The quantitative estimate of drug-likeness (QED) is 0.538. The van der Waals surface area contributed by atoms with E-state index >= 15 is 0 Å². The number of hydrogen-bond acceptors (Lipinski definition) is 4. The molecule has 8 heteroatoms. The molecule has 0 fully saturated rings. The Morgan fingerprint density at radius 1 is 1.23 bits per heavy atom. The van der Waals surface area contributed by atoms with Gasteiger partial charge in [0.2, 0.25) is 5.91 Å². The van der Waals surface area contributed by atoms with Crippen molar-refractivity contribution in [3.05, 3.63) is 70.1 Å². The van der Waals surface area contributed by atoms with Crippen molar-refractivity contribution in [2.24, 2.45) is 0 Å². The second-order valence-corrected chi connectivity index (χ2v) is 5.99. The summed E-state index contributed by atoms with van der Waals surface area (Å²) < 4.78 is 6.41. The van der Waals surface area contributed by atoms with Gasteiger partial charge in [-0.1, -0.05) is 29.3 Å². The van der Waals surface area contributed by atoms with E-state index < -0.39 is 11.9 Å². The summed E-state index contributed by atoms with van der Waals surface area (Å²) in [4.78, 5) is 28.0. The van der Waals surface area contributed by atoms with Gasteiger partial charge in [0.05, 0.1) is 29.1 Å². The number of anilines is 1. The maximum atomic E-state index is 12.2. The van der Waals surface area contributed by atoms with Crippen LogP contribution in [-0.2, 0) is 9.53 Å². The summed E-state index contributed by atoms with van der Waals surface area (Å²) in [6.07, 6.45) is 4.65. The lowest BCUT2D eigenvalue weighted by Crippen LogP contribution is -2.10. The van der Waals surface area contributed by atoms with Gasteiger partial charge < -0.3 is 10.1 Å². The summed E-state index contributed by atoms with van der Waals surface area (Å²) in [5.41, 5.74) is 1.83. The van der Waals surface area contributed by atoms with Gasteiger partial charge in [0, 0.05) is 12.3 Å². The van der Waals surface area contributed by atoms with Crippen LogP contribution in [0.2, 0.25) is 10.2 Å². The zero-order valence-corrected chi connectivity index (χ0v) is 15.1. The van der Waals surface area contributed by atoms with Gasteiger partial charge in [0.15, 0.2) is 5.15 Å². The lowest BCUT2D eigenvalue weighted by atomic mass is 10.2. The zero-order chi connectivity index (χ0) is 18.7. The number of carbonyl (C=O) groups is 2. The number of carbonyl (C=O) groups excluding carboxylic acids is 2. The second-order valence-electron chi connectivity index (χ2n) is 5.23. The number of halogens is 2. The number of rotatable bonds is 4. The highest BCUT2D eigenvalue weighted by molar-refractivity contribution is 6.34. The molecule has 0 atom stereocenters. The third-order valence-corrected chi connectivity index (χ3v) is 4.17. The fourth-order valence-corrected chi connectivity index (χ4v) is 2.74. The number of ether oxygens (including phenoxy) is 1.